The highest BCUT2D eigenvalue weighted by Gasteiger charge is 2.26. The van der Waals surface area contributed by atoms with Gasteiger partial charge in [-0.1, -0.05) is 55.8 Å². The summed E-state index contributed by atoms with van der Waals surface area (Å²) in [6.07, 6.45) is 4.03. The Bertz CT molecular complexity index is 1090. The van der Waals surface area contributed by atoms with Gasteiger partial charge < -0.3 is 15.0 Å². The van der Waals surface area contributed by atoms with Gasteiger partial charge in [0.2, 0.25) is 21.8 Å². The monoisotopic (exact) mass is 531 g/mol. The summed E-state index contributed by atoms with van der Waals surface area (Å²) >= 11 is 0. The summed E-state index contributed by atoms with van der Waals surface area (Å²) in [5.41, 5.74) is 1.53. The molecule has 0 saturated carbocycles. The minimum absolute atomic E-state index is 0.115. The second-order valence-corrected chi connectivity index (χ2v) is 10.9. The summed E-state index contributed by atoms with van der Waals surface area (Å²) in [5.74, 6) is 0.113. The van der Waals surface area contributed by atoms with E-state index in [-0.39, 0.29) is 24.8 Å². The van der Waals surface area contributed by atoms with Gasteiger partial charge >= 0.3 is 0 Å². The highest BCUT2D eigenvalue weighted by atomic mass is 32.2. The molecule has 0 aliphatic rings. The van der Waals surface area contributed by atoms with Crippen molar-refractivity contribution in [3.05, 3.63) is 60.2 Å². The summed E-state index contributed by atoms with van der Waals surface area (Å²) in [6, 6.07) is 16.2. The van der Waals surface area contributed by atoms with Gasteiger partial charge in [0, 0.05) is 26.1 Å². The number of ether oxygens (including phenoxy) is 1. The molecule has 0 heterocycles. The van der Waals surface area contributed by atoms with Crippen LogP contribution in [0.3, 0.4) is 0 Å². The van der Waals surface area contributed by atoms with Crippen molar-refractivity contribution >= 4 is 27.5 Å². The summed E-state index contributed by atoms with van der Waals surface area (Å²) in [6.45, 7) is 7.13. The largest absolute Gasteiger partial charge is 0.492 e. The van der Waals surface area contributed by atoms with Crippen molar-refractivity contribution in [2.24, 2.45) is 0 Å². The van der Waals surface area contributed by atoms with Crippen LogP contribution in [0.2, 0.25) is 0 Å². The van der Waals surface area contributed by atoms with Crippen LogP contribution in [0.4, 0.5) is 5.69 Å². The number of hydrogen-bond donors (Lipinski definition) is 1. The van der Waals surface area contributed by atoms with Crippen LogP contribution in [-0.2, 0) is 26.0 Å². The van der Waals surface area contributed by atoms with E-state index in [1.807, 2.05) is 37.3 Å². The molecule has 0 fully saturated rings. The first-order valence-electron chi connectivity index (χ1n) is 13.0. The number of rotatable bonds is 16. The van der Waals surface area contributed by atoms with Gasteiger partial charge in [-0.3, -0.25) is 13.9 Å². The molecule has 1 N–H and O–H groups in total. The van der Waals surface area contributed by atoms with Crippen LogP contribution >= 0.6 is 0 Å². The number of amides is 2. The number of sulfonamides is 1. The van der Waals surface area contributed by atoms with Crippen LogP contribution in [-0.4, -0.2) is 63.7 Å². The molecule has 2 amide bonds. The summed E-state index contributed by atoms with van der Waals surface area (Å²) < 4.78 is 32.1. The molecule has 204 valence electrons. The minimum atomic E-state index is -3.60. The number of nitrogens with zero attached hydrogens (tertiary/aromatic N) is 2. The van der Waals surface area contributed by atoms with E-state index >= 15 is 0 Å². The predicted octanol–water partition coefficient (Wildman–Crippen LogP) is 4.01. The predicted molar refractivity (Wildman–Crippen MR) is 148 cm³/mol. The third-order valence-electron chi connectivity index (χ3n) is 6.07. The normalized spacial score (nSPS) is 12.0. The van der Waals surface area contributed by atoms with Gasteiger partial charge in [-0.05, 0) is 50.8 Å². The minimum Gasteiger partial charge on any atom is -0.492 e. The van der Waals surface area contributed by atoms with E-state index in [4.69, 9.17) is 4.74 Å². The molecule has 0 radical (unpaired) electrons. The van der Waals surface area contributed by atoms with Gasteiger partial charge in [0.1, 0.15) is 11.8 Å². The van der Waals surface area contributed by atoms with Crippen molar-refractivity contribution in [3.63, 3.8) is 0 Å². The Balaban J connectivity index is 2.13. The highest BCUT2D eigenvalue weighted by Crippen LogP contribution is 2.30. The fraction of sp³-hybridized carbons (Fsp3) is 0.500. The Morgan fingerprint density at radius 1 is 0.973 bits per heavy atom. The van der Waals surface area contributed by atoms with Crippen molar-refractivity contribution in [2.45, 2.75) is 58.9 Å². The van der Waals surface area contributed by atoms with Gasteiger partial charge in [-0.2, -0.15) is 0 Å². The quantitative estimate of drug-likeness (QED) is 0.330. The first-order chi connectivity index (χ1) is 17.7. The van der Waals surface area contributed by atoms with Crippen molar-refractivity contribution in [1.29, 1.82) is 0 Å². The number of carbonyl (C=O) groups excluding carboxylic acids is 2. The van der Waals surface area contributed by atoms with Gasteiger partial charge in [0.15, 0.2) is 0 Å². The maximum Gasteiger partial charge on any atom is 0.242 e. The van der Waals surface area contributed by atoms with Crippen molar-refractivity contribution in [1.82, 2.24) is 10.2 Å². The molecule has 0 bridgehead atoms. The van der Waals surface area contributed by atoms with Gasteiger partial charge in [0.05, 0.1) is 18.6 Å². The van der Waals surface area contributed by atoms with Crippen LogP contribution < -0.4 is 14.4 Å². The maximum atomic E-state index is 13.3. The summed E-state index contributed by atoms with van der Waals surface area (Å²) in [5, 5.41) is 2.92. The molecule has 0 saturated heterocycles. The number of nitrogens with one attached hydrogen (secondary N) is 1. The first kappa shape index (κ1) is 30.2. The van der Waals surface area contributed by atoms with E-state index < -0.39 is 16.1 Å². The lowest BCUT2D eigenvalue weighted by molar-refractivity contribution is -0.139. The van der Waals surface area contributed by atoms with E-state index in [0.29, 0.717) is 44.0 Å². The highest BCUT2D eigenvalue weighted by molar-refractivity contribution is 7.92. The molecule has 9 heteroatoms. The van der Waals surface area contributed by atoms with Crippen LogP contribution in [0.15, 0.2) is 54.6 Å². The first-order valence-corrected chi connectivity index (χ1v) is 14.8. The lowest BCUT2D eigenvalue weighted by Gasteiger charge is -2.29. The van der Waals surface area contributed by atoms with Gasteiger partial charge in [-0.15, -0.1) is 0 Å². The van der Waals surface area contributed by atoms with E-state index in [2.05, 4.69) is 12.2 Å². The molecule has 1 unspecified atom stereocenters. The zero-order chi connectivity index (χ0) is 27.3. The lowest BCUT2D eigenvalue weighted by atomic mass is 10.1. The van der Waals surface area contributed by atoms with Crippen LogP contribution in [0.1, 0.15) is 52.0 Å². The molecular formula is C28H41N3O5S. The van der Waals surface area contributed by atoms with Crippen molar-refractivity contribution in [2.75, 3.05) is 36.8 Å². The molecule has 2 aromatic carbocycles. The number of unbranched alkanes of at least 4 members (excludes halogenated alkanes) is 1. The maximum absolute atomic E-state index is 13.3. The fourth-order valence-electron chi connectivity index (χ4n) is 4.03. The van der Waals surface area contributed by atoms with Gasteiger partial charge in [0.25, 0.3) is 0 Å². The van der Waals surface area contributed by atoms with E-state index in [1.165, 1.54) is 4.31 Å². The third-order valence-corrected chi connectivity index (χ3v) is 7.25. The number of benzene rings is 2. The molecular weight excluding hydrogens is 490 g/mol. The van der Waals surface area contributed by atoms with E-state index in [1.54, 1.807) is 36.1 Å². The Morgan fingerprint density at radius 3 is 2.30 bits per heavy atom. The Hall–Kier alpha value is -3.07. The Labute approximate surface area is 222 Å². The second kappa shape index (κ2) is 15.2. The van der Waals surface area contributed by atoms with Crippen LogP contribution in [0.5, 0.6) is 5.75 Å². The molecule has 8 nitrogen and oxygen atoms in total. The van der Waals surface area contributed by atoms with Crippen LogP contribution in [0.25, 0.3) is 0 Å². The SMILES string of the molecule is CCCCNC(=O)C(C)N(CCc1ccccc1)C(=O)CCCN(c1ccccc1OCC)S(C)(=O)=O. The van der Waals surface area contributed by atoms with Crippen LogP contribution in [0, 0.1) is 0 Å². The number of hydrogen-bond acceptors (Lipinski definition) is 5. The molecule has 0 spiro atoms. The third kappa shape index (κ3) is 9.72. The molecule has 0 aliphatic heterocycles. The van der Waals surface area contributed by atoms with E-state index in [0.717, 1.165) is 24.7 Å². The Morgan fingerprint density at radius 2 is 1.65 bits per heavy atom. The summed E-state index contributed by atoms with van der Waals surface area (Å²) in [4.78, 5) is 27.7. The lowest BCUT2D eigenvalue weighted by Crippen LogP contribution is -2.49. The molecule has 1 atom stereocenters. The molecule has 37 heavy (non-hydrogen) atoms. The fourth-order valence-corrected chi connectivity index (χ4v) is 5.00. The van der Waals surface area contributed by atoms with Gasteiger partial charge in [-0.25, -0.2) is 8.42 Å². The molecule has 2 rings (SSSR count). The zero-order valence-corrected chi connectivity index (χ0v) is 23.3. The number of anilines is 1. The number of carbonyl (C=O) groups is 2. The van der Waals surface area contributed by atoms with Crippen molar-refractivity contribution < 1.29 is 22.7 Å². The zero-order valence-electron chi connectivity index (χ0n) is 22.5. The molecule has 0 aliphatic carbocycles. The Kier molecular flexibility index (Phi) is 12.4. The second-order valence-electron chi connectivity index (χ2n) is 8.98. The average Bonchev–Trinajstić information content (AvgIpc) is 2.87. The standard InChI is InChI=1S/C28H41N3O5S/c1-5-7-20-29-28(33)23(3)30(22-19-24-14-9-8-10-15-24)27(32)18-13-21-31(37(4,34)35)25-16-11-12-17-26(25)36-6-2/h8-12,14-17,23H,5-7,13,18-22H2,1-4H3,(H,29,33). The average molecular weight is 532 g/mol. The van der Waals surface area contributed by atoms with Crippen molar-refractivity contribution in [3.8, 4) is 5.75 Å². The smallest absolute Gasteiger partial charge is 0.242 e. The molecule has 2 aromatic rings. The summed E-state index contributed by atoms with van der Waals surface area (Å²) in [7, 11) is -3.60. The topological polar surface area (TPSA) is 96.0 Å². The molecule has 0 aromatic heterocycles. The number of para-hydroxylation sites is 2. The van der Waals surface area contributed by atoms with E-state index in [9.17, 15) is 18.0 Å².